The standard InChI is InChI=1S/C15H13BrFNO2/c1-9-7-11(4-6-14(9)20-2)18-15(19)10-3-5-13(17)12(16)8-10/h3-8H,1-2H3,(H,18,19). The molecule has 1 N–H and O–H groups in total. The van der Waals surface area contributed by atoms with E-state index in [4.69, 9.17) is 4.74 Å². The minimum Gasteiger partial charge on any atom is -0.496 e. The molecule has 3 nitrogen and oxygen atoms in total. The number of nitrogens with one attached hydrogen (secondary N) is 1. The summed E-state index contributed by atoms with van der Waals surface area (Å²) >= 11 is 3.06. The number of rotatable bonds is 3. The van der Waals surface area contributed by atoms with Crippen LogP contribution in [-0.4, -0.2) is 13.0 Å². The fraction of sp³-hybridized carbons (Fsp3) is 0.133. The maximum Gasteiger partial charge on any atom is 0.255 e. The van der Waals surface area contributed by atoms with Gasteiger partial charge >= 0.3 is 0 Å². The topological polar surface area (TPSA) is 38.3 Å². The number of methoxy groups -OCH3 is 1. The Morgan fingerprint density at radius 1 is 1.25 bits per heavy atom. The van der Waals surface area contributed by atoms with Gasteiger partial charge in [0.15, 0.2) is 0 Å². The SMILES string of the molecule is COc1ccc(NC(=O)c2ccc(F)c(Br)c2)cc1C. The van der Waals surface area contributed by atoms with E-state index in [0.717, 1.165) is 11.3 Å². The van der Waals surface area contributed by atoms with Crippen molar-refractivity contribution in [1.82, 2.24) is 0 Å². The van der Waals surface area contributed by atoms with Gasteiger partial charge in [-0.3, -0.25) is 4.79 Å². The molecule has 0 aliphatic carbocycles. The summed E-state index contributed by atoms with van der Waals surface area (Å²) in [6.07, 6.45) is 0. The molecule has 20 heavy (non-hydrogen) atoms. The minimum atomic E-state index is -0.401. The van der Waals surface area contributed by atoms with E-state index in [1.165, 1.54) is 18.2 Å². The number of amides is 1. The number of anilines is 1. The molecule has 0 atom stereocenters. The van der Waals surface area contributed by atoms with Gasteiger partial charge < -0.3 is 10.1 Å². The average Bonchev–Trinajstić information content (AvgIpc) is 2.42. The van der Waals surface area contributed by atoms with Crippen molar-refractivity contribution < 1.29 is 13.9 Å². The first kappa shape index (κ1) is 14.5. The summed E-state index contributed by atoms with van der Waals surface area (Å²) in [6.45, 7) is 1.89. The van der Waals surface area contributed by atoms with Gasteiger partial charge in [0.2, 0.25) is 0 Å². The van der Waals surface area contributed by atoms with Gasteiger partial charge in [-0.15, -0.1) is 0 Å². The molecule has 2 aromatic carbocycles. The van der Waals surface area contributed by atoms with Crippen LogP contribution in [0.1, 0.15) is 15.9 Å². The molecule has 1 amide bonds. The van der Waals surface area contributed by atoms with Crippen LogP contribution in [0, 0.1) is 12.7 Å². The molecule has 2 rings (SSSR count). The van der Waals surface area contributed by atoms with Crippen molar-refractivity contribution in [1.29, 1.82) is 0 Å². The van der Waals surface area contributed by atoms with Gasteiger partial charge in [-0.2, -0.15) is 0 Å². The van der Waals surface area contributed by atoms with E-state index in [1.807, 2.05) is 13.0 Å². The molecule has 0 spiro atoms. The Hall–Kier alpha value is -1.88. The highest BCUT2D eigenvalue weighted by Gasteiger charge is 2.09. The van der Waals surface area contributed by atoms with Gasteiger partial charge in [0.05, 0.1) is 11.6 Å². The normalized spacial score (nSPS) is 10.2. The van der Waals surface area contributed by atoms with Crippen LogP contribution < -0.4 is 10.1 Å². The van der Waals surface area contributed by atoms with Gasteiger partial charge in [0.1, 0.15) is 11.6 Å². The summed E-state index contributed by atoms with van der Waals surface area (Å²) in [5.41, 5.74) is 1.96. The van der Waals surface area contributed by atoms with Crippen LogP contribution in [0.5, 0.6) is 5.75 Å². The third kappa shape index (κ3) is 3.17. The van der Waals surface area contributed by atoms with Crippen LogP contribution in [0.4, 0.5) is 10.1 Å². The van der Waals surface area contributed by atoms with E-state index in [2.05, 4.69) is 21.2 Å². The van der Waals surface area contributed by atoms with Crippen molar-refractivity contribution in [2.75, 3.05) is 12.4 Å². The Morgan fingerprint density at radius 3 is 2.60 bits per heavy atom. The van der Waals surface area contributed by atoms with Crippen molar-refractivity contribution in [2.45, 2.75) is 6.92 Å². The third-order valence-corrected chi connectivity index (χ3v) is 3.44. The predicted molar refractivity (Wildman–Crippen MR) is 79.8 cm³/mol. The first-order valence-electron chi connectivity index (χ1n) is 5.92. The number of carbonyl (C=O) groups is 1. The molecule has 104 valence electrons. The second-order valence-corrected chi connectivity index (χ2v) is 5.12. The Morgan fingerprint density at radius 2 is 2.00 bits per heavy atom. The van der Waals surface area contributed by atoms with Crippen LogP contribution >= 0.6 is 15.9 Å². The Balaban J connectivity index is 2.19. The Labute approximate surface area is 124 Å². The van der Waals surface area contributed by atoms with Gasteiger partial charge in [-0.25, -0.2) is 4.39 Å². The smallest absolute Gasteiger partial charge is 0.255 e. The van der Waals surface area contributed by atoms with Gasteiger partial charge in [-0.05, 0) is 64.8 Å². The quantitative estimate of drug-likeness (QED) is 0.913. The molecule has 0 saturated heterocycles. The van der Waals surface area contributed by atoms with Crippen LogP contribution in [0.3, 0.4) is 0 Å². The summed E-state index contributed by atoms with van der Waals surface area (Å²) in [7, 11) is 1.59. The summed E-state index contributed by atoms with van der Waals surface area (Å²) in [5, 5.41) is 2.76. The predicted octanol–water partition coefficient (Wildman–Crippen LogP) is 4.16. The van der Waals surface area contributed by atoms with E-state index in [-0.39, 0.29) is 10.4 Å². The summed E-state index contributed by atoms with van der Waals surface area (Å²) in [5.74, 6) is 0.0598. The molecule has 0 aliphatic heterocycles. The van der Waals surface area contributed by atoms with Crippen LogP contribution in [0.15, 0.2) is 40.9 Å². The molecule has 0 aliphatic rings. The minimum absolute atomic E-state index is 0.260. The zero-order valence-corrected chi connectivity index (χ0v) is 12.6. The highest BCUT2D eigenvalue weighted by atomic mass is 79.9. The summed E-state index contributed by atoms with van der Waals surface area (Å²) in [4.78, 5) is 12.1. The maximum atomic E-state index is 13.1. The number of hydrogen-bond acceptors (Lipinski definition) is 2. The first-order chi connectivity index (χ1) is 9.51. The molecule has 2 aromatic rings. The molecule has 0 aromatic heterocycles. The van der Waals surface area contributed by atoms with Crippen LogP contribution in [-0.2, 0) is 0 Å². The van der Waals surface area contributed by atoms with Crippen LogP contribution in [0.25, 0.3) is 0 Å². The molecule has 0 bridgehead atoms. The van der Waals surface area contributed by atoms with Crippen molar-refractivity contribution in [3.63, 3.8) is 0 Å². The van der Waals surface area contributed by atoms with Crippen LogP contribution in [0.2, 0.25) is 0 Å². The highest BCUT2D eigenvalue weighted by molar-refractivity contribution is 9.10. The number of ether oxygens (including phenoxy) is 1. The molecule has 0 fully saturated rings. The lowest BCUT2D eigenvalue weighted by Crippen LogP contribution is -2.12. The lowest BCUT2D eigenvalue weighted by molar-refractivity contribution is 0.102. The van der Waals surface area contributed by atoms with E-state index in [9.17, 15) is 9.18 Å². The van der Waals surface area contributed by atoms with Crippen molar-refractivity contribution >= 4 is 27.5 Å². The zero-order chi connectivity index (χ0) is 14.7. The number of benzene rings is 2. The van der Waals surface area contributed by atoms with Crippen molar-refractivity contribution in [3.8, 4) is 5.75 Å². The highest BCUT2D eigenvalue weighted by Crippen LogP contribution is 2.22. The lowest BCUT2D eigenvalue weighted by Gasteiger charge is -2.09. The molecule has 0 radical (unpaired) electrons. The van der Waals surface area contributed by atoms with E-state index in [1.54, 1.807) is 19.2 Å². The number of hydrogen-bond donors (Lipinski definition) is 1. The lowest BCUT2D eigenvalue weighted by atomic mass is 10.1. The monoisotopic (exact) mass is 337 g/mol. The summed E-state index contributed by atoms with van der Waals surface area (Å²) in [6, 6.07) is 9.48. The second-order valence-electron chi connectivity index (χ2n) is 4.27. The van der Waals surface area contributed by atoms with E-state index < -0.39 is 5.82 Å². The Bertz CT molecular complexity index is 658. The first-order valence-corrected chi connectivity index (χ1v) is 6.71. The molecule has 0 heterocycles. The van der Waals surface area contributed by atoms with E-state index >= 15 is 0 Å². The Kier molecular flexibility index (Phi) is 4.39. The number of halogens is 2. The second kappa shape index (κ2) is 6.05. The molecular weight excluding hydrogens is 325 g/mol. The summed E-state index contributed by atoms with van der Waals surface area (Å²) < 4.78 is 18.6. The largest absolute Gasteiger partial charge is 0.496 e. The average molecular weight is 338 g/mol. The fourth-order valence-electron chi connectivity index (χ4n) is 1.80. The van der Waals surface area contributed by atoms with Gasteiger partial charge in [-0.1, -0.05) is 0 Å². The fourth-order valence-corrected chi connectivity index (χ4v) is 2.18. The number of carbonyl (C=O) groups excluding carboxylic acids is 1. The molecular formula is C15H13BrFNO2. The van der Waals surface area contributed by atoms with Gasteiger partial charge in [0, 0.05) is 11.3 Å². The van der Waals surface area contributed by atoms with Crippen molar-refractivity contribution in [2.24, 2.45) is 0 Å². The van der Waals surface area contributed by atoms with Crippen molar-refractivity contribution in [3.05, 3.63) is 57.8 Å². The maximum absolute atomic E-state index is 13.1. The van der Waals surface area contributed by atoms with E-state index in [0.29, 0.717) is 11.3 Å². The third-order valence-electron chi connectivity index (χ3n) is 2.83. The molecule has 5 heteroatoms. The molecule has 0 unspecified atom stereocenters. The number of aryl methyl sites for hydroxylation is 1. The zero-order valence-electron chi connectivity index (χ0n) is 11.0. The van der Waals surface area contributed by atoms with Gasteiger partial charge in [0.25, 0.3) is 5.91 Å². The molecule has 0 saturated carbocycles.